The molecule has 0 radical (unpaired) electrons. The fourth-order valence-electron chi connectivity index (χ4n) is 2.28. The Morgan fingerprint density at radius 1 is 1.44 bits per heavy atom. The van der Waals surface area contributed by atoms with Crippen LogP contribution in [0.25, 0.3) is 10.9 Å². The van der Waals surface area contributed by atoms with Crippen molar-refractivity contribution in [1.82, 2.24) is 4.98 Å². The van der Waals surface area contributed by atoms with Gasteiger partial charge in [0, 0.05) is 23.5 Å². The lowest BCUT2D eigenvalue weighted by Gasteiger charge is -2.08. The predicted octanol–water partition coefficient (Wildman–Crippen LogP) is 3.56. The van der Waals surface area contributed by atoms with Crippen molar-refractivity contribution in [3.63, 3.8) is 0 Å². The van der Waals surface area contributed by atoms with Crippen molar-refractivity contribution >= 4 is 16.7 Å². The van der Waals surface area contributed by atoms with E-state index in [2.05, 4.69) is 37.0 Å². The molecule has 0 saturated heterocycles. The number of fused-ring (bicyclic) bond motifs is 1. The number of hydrogen-bond acceptors (Lipinski definition) is 1. The summed E-state index contributed by atoms with van der Waals surface area (Å²) in [5.74, 6) is 0.530. The zero-order valence-electron chi connectivity index (χ0n) is 10.0. The highest BCUT2D eigenvalue weighted by Crippen LogP contribution is 2.29. The Bertz CT molecular complexity index is 525. The van der Waals surface area contributed by atoms with Crippen molar-refractivity contribution in [2.75, 3.05) is 0 Å². The number of aromatic nitrogens is 1. The lowest BCUT2D eigenvalue weighted by molar-refractivity contribution is -0.117. The number of rotatable bonds is 3. The molecule has 1 N–H and O–H groups in total. The van der Waals surface area contributed by atoms with E-state index < -0.39 is 0 Å². The van der Waals surface area contributed by atoms with Crippen LogP contribution in [0, 0.1) is 6.92 Å². The van der Waals surface area contributed by atoms with Gasteiger partial charge in [0.25, 0.3) is 0 Å². The molecule has 2 aromatic rings. The highest BCUT2D eigenvalue weighted by Gasteiger charge is 2.13. The first-order valence-electron chi connectivity index (χ1n) is 5.65. The Hall–Kier alpha value is -1.57. The second-order valence-corrected chi connectivity index (χ2v) is 4.55. The minimum atomic E-state index is 0.245. The van der Waals surface area contributed by atoms with E-state index in [1.165, 1.54) is 22.0 Å². The molecule has 1 aromatic heterocycles. The number of carbonyl (C=O) groups excluding carboxylic acids is 1. The van der Waals surface area contributed by atoms with Crippen LogP contribution in [0.3, 0.4) is 0 Å². The number of para-hydroxylation sites is 1. The fourth-order valence-corrected chi connectivity index (χ4v) is 2.28. The molecule has 1 aromatic carbocycles. The van der Waals surface area contributed by atoms with E-state index in [0.717, 1.165) is 0 Å². The summed E-state index contributed by atoms with van der Waals surface area (Å²) in [6.07, 6.45) is 2.65. The number of aromatic amines is 1. The van der Waals surface area contributed by atoms with Crippen molar-refractivity contribution in [2.45, 2.75) is 33.1 Å². The molecule has 0 aliphatic heterocycles. The van der Waals surface area contributed by atoms with E-state index >= 15 is 0 Å². The third-order valence-corrected chi connectivity index (χ3v) is 3.08. The third-order valence-electron chi connectivity index (χ3n) is 3.08. The predicted molar refractivity (Wildman–Crippen MR) is 66.7 cm³/mol. The number of ketones is 1. The van der Waals surface area contributed by atoms with Crippen LogP contribution in [0.15, 0.2) is 24.4 Å². The molecule has 84 valence electrons. The van der Waals surface area contributed by atoms with Gasteiger partial charge in [-0.3, -0.25) is 0 Å². The fraction of sp³-hybridized carbons (Fsp3) is 0.357. The molecule has 0 fully saturated rings. The topological polar surface area (TPSA) is 32.9 Å². The maximum atomic E-state index is 11.1. The SMILES string of the molecule is CC(=O)CC(C)c1c[nH]c2c(C)cccc12. The highest BCUT2D eigenvalue weighted by molar-refractivity contribution is 5.87. The number of H-pyrrole nitrogens is 1. The second kappa shape index (κ2) is 4.12. The van der Waals surface area contributed by atoms with Gasteiger partial charge in [-0.15, -0.1) is 0 Å². The minimum absolute atomic E-state index is 0.245. The summed E-state index contributed by atoms with van der Waals surface area (Å²) in [6, 6.07) is 6.28. The highest BCUT2D eigenvalue weighted by atomic mass is 16.1. The summed E-state index contributed by atoms with van der Waals surface area (Å²) >= 11 is 0. The van der Waals surface area contributed by atoms with Gasteiger partial charge in [0.1, 0.15) is 5.78 Å². The molecule has 2 nitrogen and oxygen atoms in total. The maximum Gasteiger partial charge on any atom is 0.130 e. The molecular weight excluding hydrogens is 198 g/mol. The van der Waals surface area contributed by atoms with Gasteiger partial charge in [-0.1, -0.05) is 25.1 Å². The van der Waals surface area contributed by atoms with E-state index in [1.807, 2.05) is 6.20 Å². The zero-order chi connectivity index (χ0) is 11.7. The van der Waals surface area contributed by atoms with Crippen molar-refractivity contribution < 1.29 is 4.79 Å². The Morgan fingerprint density at radius 2 is 2.19 bits per heavy atom. The van der Waals surface area contributed by atoms with Gasteiger partial charge in [0.15, 0.2) is 0 Å². The number of nitrogens with one attached hydrogen (secondary N) is 1. The largest absolute Gasteiger partial charge is 0.361 e. The number of benzene rings is 1. The van der Waals surface area contributed by atoms with E-state index in [0.29, 0.717) is 6.42 Å². The Balaban J connectivity index is 2.46. The van der Waals surface area contributed by atoms with Crippen LogP contribution < -0.4 is 0 Å². The first-order valence-corrected chi connectivity index (χ1v) is 5.65. The molecule has 0 spiro atoms. The molecule has 2 rings (SSSR count). The summed E-state index contributed by atoms with van der Waals surface area (Å²) in [6.45, 7) is 5.85. The van der Waals surface area contributed by atoms with E-state index in [1.54, 1.807) is 6.92 Å². The Labute approximate surface area is 95.7 Å². The number of Topliss-reactive ketones (excluding diaryl/α,β-unsaturated/α-hetero) is 1. The molecule has 0 amide bonds. The quantitative estimate of drug-likeness (QED) is 0.834. The lowest BCUT2D eigenvalue weighted by Crippen LogP contribution is -1.99. The van der Waals surface area contributed by atoms with E-state index in [9.17, 15) is 4.79 Å². The van der Waals surface area contributed by atoms with Crippen LogP contribution in [-0.4, -0.2) is 10.8 Å². The van der Waals surface area contributed by atoms with Crippen molar-refractivity contribution in [2.24, 2.45) is 0 Å². The standard InChI is InChI=1S/C14H17NO/c1-9-5-4-6-12-13(8-15-14(9)12)10(2)7-11(3)16/h4-6,8,10,15H,7H2,1-3H3. The second-order valence-electron chi connectivity index (χ2n) is 4.55. The van der Waals surface area contributed by atoms with Gasteiger partial charge in [-0.25, -0.2) is 0 Å². The summed E-state index contributed by atoms with van der Waals surface area (Å²) in [7, 11) is 0. The number of aryl methyl sites for hydroxylation is 1. The van der Waals surface area contributed by atoms with Crippen LogP contribution in [0.4, 0.5) is 0 Å². The summed E-state index contributed by atoms with van der Waals surface area (Å²) in [5.41, 5.74) is 3.68. The summed E-state index contributed by atoms with van der Waals surface area (Å²) in [5, 5.41) is 1.24. The van der Waals surface area contributed by atoms with Crippen LogP contribution in [-0.2, 0) is 4.79 Å². The molecule has 0 aliphatic carbocycles. The molecule has 0 aliphatic rings. The van der Waals surface area contributed by atoms with Gasteiger partial charge < -0.3 is 9.78 Å². The van der Waals surface area contributed by atoms with Gasteiger partial charge in [-0.05, 0) is 30.9 Å². The molecule has 16 heavy (non-hydrogen) atoms. The molecule has 0 saturated carbocycles. The third kappa shape index (κ3) is 1.87. The van der Waals surface area contributed by atoms with E-state index in [-0.39, 0.29) is 11.7 Å². The van der Waals surface area contributed by atoms with Crippen LogP contribution in [0.1, 0.15) is 37.3 Å². The maximum absolute atomic E-state index is 11.1. The van der Waals surface area contributed by atoms with Crippen LogP contribution in [0.5, 0.6) is 0 Å². The van der Waals surface area contributed by atoms with Crippen molar-refractivity contribution in [3.05, 3.63) is 35.5 Å². The Kier molecular flexibility index (Phi) is 2.82. The molecule has 1 unspecified atom stereocenters. The normalized spacial score (nSPS) is 12.9. The van der Waals surface area contributed by atoms with E-state index in [4.69, 9.17) is 0 Å². The molecule has 2 heteroatoms. The number of hydrogen-bond donors (Lipinski definition) is 1. The first kappa shape index (κ1) is 10.9. The van der Waals surface area contributed by atoms with Crippen molar-refractivity contribution in [1.29, 1.82) is 0 Å². The average Bonchev–Trinajstić information content (AvgIpc) is 2.61. The zero-order valence-corrected chi connectivity index (χ0v) is 10.0. The van der Waals surface area contributed by atoms with Gasteiger partial charge in [0.05, 0.1) is 0 Å². The molecule has 1 atom stereocenters. The summed E-state index contributed by atoms with van der Waals surface area (Å²) in [4.78, 5) is 14.4. The molecule has 0 bridgehead atoms. The average molecular weight is 215 g/mol. The van der Waals surface area contributed by atoms with Gasteiger partial charge in [-0.2, -0.15) is 0 Å². The first-order chi connectivity index (χ1) is 7.59. The van der Waals surface area contributed by atoms with Crippen molar-refractivity contribution in [3.8, 4) is 0 Å². The van der Waals surface area contributed by atoms with Crippen LogP contribution >= 0.6 is 0 Å². The van der Waals surface area contributed by atoms with Crippen LogP contribution in [0.2, 0.25) is 0 Å². The Morgan fingerprint density at radius 3 is 2.88 bits per heavy atom. The minimum Gasteiger partial charge on any atom is -0.361 e. The summed E-state index contributed by atoms with van der Waals surface area (Å²) < 4.78 is 0. The van der Waals surface area contributed by atoms with Gasteiger partial charge in [0.2, 0.25) is 0 Å². The lowest BCUT2D eigenvalue weighted by atomic mass is 9.95. The number of carbonyl (C=O) groups is 1. The van der Waals surface area contributed by atoms with Gasteiger partial charge >= 0.3 is 0 Å². The molecular formula is C14H17NO. The monoisotopic (exact) mass is 215 g/mol. The smallest absolute Gasteiger partial charge is 0.130 e. The molecule has 1 heterocycles.